The maximum absolute atomic E-state index is 11.3. The largest absolute Gasteiger partial charge is 0.489 e. The lowest BCUT2D eigenvalue weighted by atomic mass is 10.2. The number of nitrogens with two attached hydrogens (primary N) is 1. The second kappa shape index (κ2) is 9.83. The number of nitrogens with zero attached hydrogens (tertiary/aromatic N) is 2. The summed E-state index contributed by atoms with van der Waals surface area (Å²) in [7, 11) is 0. The van der Waals surface area contributed by atoms with E-state index in [2.05, 4.69) is 21.9 Å². The molecule has 1 heterocycles. The van der Waals surface area contributed by atoms with E-state index in [0.29, 0.717) is 6.61 Å². The number of anilines is 1. The molecule has 0 spiro atoms. The van der Waals surface area contributed by atoms with Crippen molar-refractivity contribution in [2.24, 2.45) is 5.73 Å². The van der Waals surface area contributed by atoms with Crippen LogP contribution in [0.4, 0.5) is 5.69 Å². The van der Waals surface area contributed by atoms with Crippen LogP contribution in [0.2, 0.25) is 5.02 Å². The van der Waals surface area contributed by atoms with Crippen molar-refractivity contribution in [1.82, 2.24) is 4.90 Å². The predicted molar refractivity (Wildman–Crippen MR) is 112 cm³/mol. The molecule has 0 saturated carbocycles. The van der Waals surface area contributed by atoms with Gasteiger partial charge in [0.1, 0.15) is 12.4 Å². The van der Waals surface area contributed by atoms with Crippen molar-refractivity contribution in [3.8, 4) is 5.75 Å². The number of carbonyl (C=O) groups excluding carboxylic acids is 1. The fourth-order valence-corrected chi connectivity index (χ4v) is 3.19. The van der Waals surface area contributed by atoms with Gasteiger partial charge in [0, 0.05) is 43.0 Å². The van der Waals surface area contributed by atoms with Crippen molar-refractivity contribution in [2.75, 3.05) is 31.1 Å². The smallest absolute Gasteiger partial charge is 0.234 e. The highest BCUT2D eigenvalue weighted by molar-refractivity contribution is 6.30. The number of amides is 1. The third-order valence-corrected chi connectivity index (χ3v) is 5.03. The Morgan fingerprint density at radius 2 is 1.81 bits per heavy atom. The first-order valence-electron chi connectivity index (χ1n) is 8.78. The summed E-state index contributed by atoms with van der Waals surface area (Å²) in [5.74, 6) is 0.571. The van der Waals surface area contributed by atoms with Crippen LogP contribution in [0.25, 0.3) is 0 Å². The van der Waals surface area contributed by atoms with Gasteiger partial charge >= 0.3 is 0 Å². The topological polar surface area (TPSA) is 58.8 Å². The zero-order valence-electron chi connectivity index (χ0n) is 15.3. The van der Waals surface area contributed by atoms with Crippen LogP contribution < -0.4 is 15.4 Å². The number of halogens is 2. The summed E-state index contributed by atoms with van der Waals surface area (Å²) in [6.45, 7) is 5.73. The summed E-state index contributed by atoms with van der Waals surface area (Å²) in [5.41, 5.74) is 7.61. The van der Waals surface area contributed by atoms with E-state index in [9.17, 15) is 4.79 Å². The molecule has 1 fully saturated rings. The summed E-state index contributed by atoms with van der Waals surface area (Å²) >= 11 is 5.91. The molecule has 146 valence electrons. The lowest BCUT2D eigenvalue weighted by Gasteiger charge is -2.38. The highest BCUT2D eigenvalue weighted by Crippen LogP contribution is 2.23. The maximum atomic E-state index is 11.3. The van der Waals surface area contributed by atoms with Crippen molar-refractivity contribution in [3.05, 3.63) is 59.1 Å². The molecule has 2 aromatic rings. The molecule has 3 rings (SSSR count). The van der Waals surface area contributed by atoms with E-state index in [0.717, 1.165) is 48.2 Å². The zero-order chi connectivity index (χ0) is 18.5. The number of piperazine rings is 1. The van der Waals surface area contributed by atoms with Crippen LogP contribution in [0.15, 0.2) is 48.5 Å². The van der Waals surface area contributed by atoms with E-state index in [-0.39, 0.29) is 24.4 Å². The van der Waals surface area contributed by atoms with Gasteiger partial charge in [-0.2, -0.15) is 0 Å². The quantitative estimate of drug-likeness (QED) is 0.794. The second-order valence-electron chi connectivity index (χ2n) is 6.51. The van der Waals surface area contributed by atoms with E-state index in [1.165, 1.54) is 0 Å². The first-order chi connectivity index (χ1) is 12.5. The molecule has 2 aromatic carbocycles. The molecule has 1 aliphatic heterocycles. The third kappa shape index (κ3) is 5.76. The van der Waals surface area contributed by atoms with Crippen molar-refractivity contribution in [1.29, 1.82) is 0 Å². The number of hydrogen-bond donors (Lipinski definition) is 1. The molecular weight excluding hydrogens is 385 g/mol. The van der Waals surface area contributed by atoms with E-state index in [1.54, 1.807) is 0 Å². The van der Waals surface area contributed by atoms with Crippen LogP contribution in [0.5, 0.6) is 5.75 Å². The summed E-state index contributed by atoms with van der Waals surface area (Å²) in [5, 5.41) is 0.723. The molecule has 2 N–H and O–H groups in total. The normalized spacial score (nSPS) is 15.7. The van der Waals surface area contributed by atoms with Gasteiger partial charge in [-0.25, -0.2) is 0 Å². The molecule has 1 atom stereocenters. The number of hydrogen-bond acceptors (Lipinski definition) is 4. The Balaban J connectivity index is 0.00000261. The molecule has 0 bridgehead atoms. The molecule has 1 saturated heterocycles. The van der Waals surface area contributed by atoms with Gasteiger partial charge in [0.2, 0.25) is 5.91 Å². The monoisotopic (exact) mass is 409 g/mol. The first-order valence-corrected chi connectivity index (χ1v) is 9.16. The summed E-state index contributed by atoms with van der Waals surface area (Å²) in [4.78, 5) is 15.8. The van der Waals surface area contributed by atoms with Gasteiger partial charge in [0.15, 0.2) is 0 Å². The number of rotatable bonds is 6. The molecule has 1 amide bonds. The van der Waals surface area contributed by atoms with Crippen LogP contribution in [-0.4, -0.2) is 43.0 Å². The predicted octanol–water partition coefficient (Wildman–Crippen LogP) is 3.34. The maximum Gasteiger partial charge on any atom is 0.234 e. The zero-order valence-corrected chi connectivity index (χ0v) is 16.9. The lowest BCUT2D eigenvalue weighted by Crippen LogP contribution is -2.53. The van der Waals surface area contributed by atoms with Crippen molar-refractivity contribution in [2.45, 2.75) is 19.6 Å². The van der Waals surface area contributed by atoms with Gasteiger partial charge in [-0.1, -0.05) is 29.8 Å². The minimum atomic E-state index is -0.268. The van der Waals surface area contributed by atoms with E-state index >= 15 is 0 Å². The van der Waals surface area contributed by atoms with Gasteiger partial charge in [-0.3, -0.25) is 9.69 Å². The van der Waals surface area contributed by atoms with Crippen molar-refractivity contribution < 1.29 is 9.53 Å². The van der Waals surface area contributed by atoms with Gasteiger partial charge in [0.05, 0.1) is 6.04 Å². The van der Waals surface area contributed by atoms with Crippen LogP contribution in [0.3, 0.4) is 0 Å². The third-order valence-electron chi connectivity index (χ3n) is 4.78. The van der Waals surface area contributed by atoms with Crippen molar-refractivity contribution in [3.63, 3.8) is 0 Å². The van der Waals surface area contributed by atoms with Gasteiger partial charge in [-0.15, -0.1) is 12.4 Å². The molecule has 0 aromatic heterocycles. The Morgan fingerprint density at radius 3 is 2.44 bits per heavy atom. The lowest BCUT2D eigenvalue weighted by molar-refractivity contribution is -0.122. The standard InChI is InChI=1S/C20H24ClN3O2.ClH/c1-15(20(22)25)23-9-11-24(12-10-23)18-3-2-4-19(13-18)26-14-16-5-7-17(21)8-6-16;/h2-8,13,15H,9-12,14H2,1H3,(H2,22,25);1H. The average molecular weight is 410 g/mol. The average Bonchev–Trinajstić information content (AvgIpc) is 2.67. The highest BCUT2D eigenvalue weighted by Gasteiger charge is 2.24. The SMILES string of the molecule is CC(C(N)=O)N1CCN(c2cccc(OCc3ccc(Cl)cc3)c2)CC1.Cl. The summed E-state index contributed by atoms with van der Waals surface area (Å²) in [6.07, 6.45) is 0. The minimum absolute atomic E-state index is 0. The van der Waals surface area contributed by atoms with Gasteiger partial charge in [0.25, 0.3) is 0 Å². The van der Waals surface area contributed by atoms with E-state index in [4.69, 9.17) is 22.1 Å². The number of ether oxygens (including phenoxy) is 1. The van der Waals surface area contributed by atoms with Crippen LogP contribution in [-0.2, 0) is 11.4 Å². The van der Waals surface area contributed by atoms with Crippen LogP contribution in [0, 0.1) is 0 Å². The van der Waals surface area contributed by atoms with Crippen LogP contribution >= 0.6 is 24.0 Å². The Hall–Kier alpha value is -1.95. The van der Waals surface area contributed by atoms with Crippen LogP contribution in [0.1, 0.15) is 12.5 Å². The Kier molecular flexibility index (Phi) is 7.78. The fourth-order valence-electron chi connectivity index (χ4n) is 3.06. The van der Waals surface area contributed by atoms with Gasteiger partial charge < -0.3 is 15.4 Å². The molecule has 1 aliphatic rings. The molecule has 1 unspecified atom stereocenters. The molecule has 0 radical (unpaired) electrons. The van der Waals surface area contributed by atoms with E-state index < -0.39 is 0 Å². The number of benzene rings is 2. The molecule has 5 nitrogen and oxygen atoms in total. The Bertz CT molecular complexity index is 747. The minimum Gasteiger partial charge on any atom is -0.489 e. The summed E-state index contributed by atoms with van der Waals surface area (Å²) < 4.78 is 5.91. The molecule has 27 heavy (non-hydrogen) atoms. The second-order valence-corrected chi connectivity index (χ2v) is 6.95. The highest BCUT2D eigenvalue weighted by atomic mass is 35.5. The first kappa shape index (κ1) is 21.4. The molecular formula is C20H25Cl2N3O2. The summed E-state index contributed by atoms with van der Waals surface area (Å²) in [6, 6.07) is 15.6. The molecule has 0 aliphatic carbocycles. The molecule has 7 heteroatoms. The fraction of sp³-hybridized carbons (Fsp3) is 0.350. The number of primary amides is 1. The van der Waals surface area contributed by atoms with Gasteiger partial charge in [-0.05, 0) is 36.8 Å². The van der Waals surface area contributed by atoms with E-state index in [1.807, 2.05) is 43.3 Å². The Morgan fingerprint density at radius 1 is 1.15 bits per heavy atom. The Labute approximate surface area is 171 Å². The number of carbonyl (C=O) groups is 1. The van der Waals surface area contributed by atoms with Crippen molar-refractivity contribution >= 4 is 35.6 Å².